The van der Waals surface area contributed by atoms with E-state index in [0.29, 0.717) is 41.5 Å². The summed E-state index contributed by atoms with van der Waals surface area (Å²) in [6, 6.07) is 5.83. The van der Waals surface area contributed by atoms with Crippen LogP contribution in [0.2, 0.25) is 0 Å². The number of allylic oxidation sites excluding steroid dienone is 1. The molecule has 0 spiro atoms. The first-order valence-electron chi connectivity index (χ1n) is 11.5. The molecule has 1 aromatic carbocycles. The summed E-state index contributed by atoms with van der Waals surface area (Å²) in [4.78, 5) is 37.7. The molecular formula is C25H34N2O5. The lowest BCUT2D eigenvalue weighted by Gasteiger charge is -2.30. The largest absolute Gasteiger partial charge is 0.462 e. The number of nitrogens with one attached hydrogen (secondary N) is 2. The van der Waals surface area contributed by atoms with Crippen LogP contribution in [0.5, 0.6) is 5.75 Å². The van der Waals surface area contributed by atoms with Gasteiger partial charge in [0.05, 0.1) is 23.6 Å². The summed E-state index contributed by atoms with van der Waals surface area (Å²) in [5.74, 6) is -0.0332. The third kappa shape index (κ3) is 5.90. The van der Waals surface area contributed by atoms with Crippen molar-refractivity contribution in [2.24, 2.45) is 11.3 Å². The first-order chi connectivity index (χ1) is 15.2. The number of rotatable bonds is 6. The highest BCUT2D eigenvalue weighted by molar-refractivity contribution is 5.95. The molecule has 3 rings (SSSR count). The summed E-state index contributed by atoms with van der Waals surface area (Å²) in [6.45, 7) is 7.62. The minimum atomic E-state index is -0.689. The van der Waals surface area contributed by atoms with Crippen molar-refractivity contribution in [2.75, 3.05) is 6.61 Å². The van der Waals surface area contributed by atoms with Crippen molar-refractivity contribution in [3.05, 3.63) is 41.1 Å². The lowest BCUT2D eigenvalue weighted by molar-refractivity contribution is -0.143. The van der Waals surface area contributed by atoms with Gasteiger partial charge in [0.1, 0.15) is 5.75 Å². The van der Waals surface area contributed by atoms with Crippen molar-refractivity contribution in [2.45, 2.75) is 72.3 Å². The van der Waals surface area contributed by atoms with Crippen molar-refractivity contribution in [3.8, 4) is 5.75 Å². The maximum Gasteiger partial charge on any atom is 0.338 e. The van der Waals surface area contributed by atoms with Crippen LogP contribution >= 0.6 is 0 Å². The average molecular weight is 443 g/mol. The quantitative estimate of drug-likeness (QED) is 0.488. The van der Waals surface area contributed by atoms with Crippen LogP contribution in [-0.4, -0.2) is 24.6 Å². The van der Waals surface area contributed by atoms with E-state index in [0.717, 1.165) is 12.8 Å². The van der Waals surface area contributed by atoms with Crippen LogP contribution < -0.4 is 15.4 Å². The van der Waals surface area contributed by atoms with Crippen LogP contribution in [0.3, 0.4) is 0 Å². The number of hydrogen-bond donors (Lipinski definition) is 2. The van der Waals surface area contributed by atoms with Crippen molar-refractivity contribution in [1.29, 1.82) is 0 Å². The fourth-order valence-electron chi connectivity index (χ4n) is 4.03. The number of carbonyl (C=O) groups is 3. The average Bonchev–Trinajstić information content (AvgIpc) is 2.77. The molecule has 1 aliphatic carbocycles. The van der Waals surface area contributed by atoms with E-state index >= 15 is 0 Å². The molecule has 1 atom stereocenters. The Morgan fingerprint density at radius 2 is 1.84 bits per heavy atom. The molecule has 1 fully saturated rings. The monoisotopic (exact) mass is 442 g/mol. The molecule has 1 saturated carbocycles. The SMILES string of the molecule is CCC1=C(C(=O)OCC2CCCCC2)C(c2cccc(OC(=O)C(C)(C)C)c2)NC(=O)N1. The summed E-state index contributed by atoms with van der Waals surface area (Å²) in [5, 5.41) is 5.57. The van der Waals surface area contributed by atoms with Crippen molar-refractivity contribution in [3.63, 3.8) is 0 Å². The number of amides is 2. The van der Waals surface area contributed by atoms with E-state index in [1.54, 1.807) is 45.0 Å². The van der Waals surface area contributed by atoms with Crippen molar-refractivity contribution in [1.82, 2.24) is 10.6 Å². The Morgan fingerprint density at radius 1 is 1.12 bits per heavy atom. The predicted molar refractivity (Wildman–Crippen MR) is 121 cm³/mol. The van der Waals surface area contributed by atoms with Gasteiger partial charge in [-0.2, -0.15) is 0 Å². The zero-order valence-electron chi connectivity index (χ0n) is 19.5. The highest BCUT2D eigenvalue weighted by atomic mass is 16.5. The number of carbonyl (C=O) groups excluding carboxylic acids is 3. The molecular weight excluding hydrogens is 408 g/mol. The Morgan fingerprint density at radius 3 is 2.50 bits per heavy atom. The Labute approximate surface area is 189 Å². The number of ether oxygens (including phenoxy) is 2. The molecule has 1 heterocycles. The van der Waals surface area contributed by atoms with E-state index in [1.807, 2.05) is 6.92 Å². The van der Waals surface area contributed by atoms with Crippen molar-refractivity contribution < 1.29 is 23.9 Å². The molecule has 1 aliphatic heterocycles. The minimum Gasteiger partial charge on any atom is -0.462 e. The van der Waals surface area contributed by atoms with Crippen LogP contribution in [0.15, 0.2) is 35.5 Å². The van der Waals surface area contributed by atoms with Gasteiger partial charge in [0.15, 0.2) is 0 Å². The van der Waals surface area contributed by atoms with Crippen LogP contribution in [0.4, 0.5) is 4.79 Å². The highest BCUT2D eigenvalue weighted by Gasteiger charge is 2.34. The molecule has 2 amide bonds. The standard InChI is InChI=1S/C25H34N2O5/c1-5-19-20(22(28)31-15-16-10-7-6-8-11-16)21(27-24(30)26-19)17-12-9-13-18(14-17)32-23(29)25(2,3)4/h9,12-14,16,21H,5-8,10-11,15H2,1-4H3,(H2,26,27,30). The second-order valence-electron chi connectivity index (χ2n) is 9.59. The van der Waals surface area contributed by atoms with Gasteiger partial charge in [-0.3, -0.25) is 4.79 Å². The number of hydrogen-bond acceptors (Lipinski definition) is 5. The predicted octanol–water partition coefficient (Wildman–Crippen LogP) is 4.78. The van der Waals surface area contributed by atoms with E-state index in [1.165, 1.54) is 19.3 Å². The Hall–Kier alpha value is -2.83. The molecule has 1 aromatic rings. The van der Waals surface area contributed by atoms with Gasteiger partial charge < -0.3 is 20.1 Å². The second kappa shape index (κ2) is 10.2. The van der Waals surface area contributed by atoms with Crippen molar-refractivity contribution >= 4 is 18.0 Å². The number of urea groups is 1. The van der Waals surface area contributed by atoms with Gasteiger partial charge in [-0.1, -0.05) is 38.3 Å². The summed E-state index contributed by atoms with van der Waals surface area (Å²) in [5.41, 5.74) is 0.934. The Kier molecular flexibility index (Phi) is 7.59. The zero-order chi connectivity index (χ0) is 23.3. The Bertz CT molecular complexity index is 894. The summed E-state index contributed by atoms with van der Waals surface area (Å²) < 4.78 is 11.2. The molecule has 1 unspecified atom stereocenters. The molecule has 7 heteroatoms. The lowest BCUT2D eigenvalue weighted by Crippen LogP contribution is -2.46. The van der Waals surface area contributed by atoms with E-state index < -0.39 is 17.4 Å². The fourth-order valence-corrected chi connectivity index (χ4v) is 4.03. The molecule has 174 valence electrons. The molecule has 0 aromatic heterocycles. The van der Waals surface area contributed by atoms with Gasteiger partial charge in [-0.25, -0.2) is 9.59 Å². The molecule has 2 aliphatic rings. The van der Waals surface area contributed by atoms with Crippen LogP contribution in [-0.2, 0) is 14.3 Å². The van der Waals surface area contributed by atoms with Gasteiger partial charge in [0, 0.05) is 5.70 Å². The molecule has 0 bridgehead atoms. The topological polar surface area (TPSA) is 93.7 Å². The first-order valence-corrected chi connectivity index (χ1v) is 11.5. The summed E-state index contributed by atoms with van der Waals surface area (Å²) in [7, 11) is 0. The normalized spacial score (nSPS) is 19.8. The van der Waals surface area contributed by atoms with E-state index in [-0.39, 0.29) is 12.0 Å². The van der Waals surface area contributed by atoms with Gasteiger partial charge in [-0.15, -0.1) is 0 Å². The van der Waals surface area contributed by atoms with E-state index in [4.69, 9.17) is 9.47 Å². The van der Waals surface area contributed by atoms with Crippen LogP contribution in [0.1, 0.15) is 77.8 Å². The summed E-state index contributed by atoms with van der Waals surface area (Å²) >= 11 is 0. The van der Waals surface area contributed by atoms with Crippen LogP contribution in [0, 0.1) is 11.3 Å². The van der Waals surface area contributed by atoms with Gasteiger partial charge >= 0.3 is 18.0 Å². The van der Waals surface area contributed by atoms with E-state index in [2.05, 4.69) is 10.6 Å². The smallest absolute Gasteiger partial charge is 0.338 e. The highest BCUT2D eigenvalue weighted by Crippen LogP contribution is 2.32. The maximum absolute atomic E-state index is 13.1. The second-order valence-corrected chi connectivity index (χ2v) is 9.59. The zero-order valence-corrected chi connectivity index (χ0v) is 19.5. The third-order valence-electron chi connectivity index (χ3n) is 5.92. The molecule has 32 heavy (non-hydrogen) atoms. The third-order valence-corrected chi connectivity index (χ3v) is 5.92. The minimum absolute atomic E-state index is 0.360. The lowest BCUT2D eigenvalue weighted by atomic mass is 9.90. The molecule has 7 nitrogen and oxygen atoms in total. The van der Waals surface area contributed by atoms with Gasteiger partial charge in [0.2, 0.25) is 0 Å². The first kappa shape index (κ1) is 23.8. The molecule has 2 N–H and O–H groups in total. The molecule has 0 saturated heterocycles. The van der Waals surface area contributed by atoms with Crippen LogP contribution in [0.25, 0.3) is 0 Å². The number of benzene rings is 1. The Balaban J connectivity index is 1.84. The maximum atomic E-state index is 13.1. The molecule has 0 radical (unpaired) electrons. The van der Waals surface area contributed by atoms with Gasteiger partial charge in [0.25, 0.3) is 0 Å². The summed E-state index contributed by atoms with van der Waals surface area (Å²) in [6.07, 6.45) is 6.22. The van der Waals surface area contributed by atoms with E-state index in [9.17, 15) is 14.4 Å². The van der Waals surface area contributed by atoms with Gasteiger partial charge in [-0.05, 0) is 63.6 Å². The number of esters is 2. The fraction of sp³-hybridized carbons (Fsp3) is 0.560.